The number of methoxy groups -OCH3 is 1. The Kier molecular flexibility index (Phi) is 6.91. The summed E-state index contributed by atoms with van der Waals surface area (Å²) in [6.45, 7) is 0. The normalized spacial score (nSPS) is 10.4. The maximum atomic E-state index is 13.1. The lowest BCUT2D eigenvalue weighted by Crippen LogP contribution is -3.00. The van der Waals surface area contributed by atoms with Crippen molar-refractivity contribution in [2.75, 3.05) is 7.11 Å². The van der Waals surface area contributed by atoms with Gasteiger partial charge in [-0.1, -0.05) is 28.1 Å². The van der Waals surface area contributed by atoms with Crippen LogP contribution in [0, 0.1) is 0 Å². The van der Waals surface area contributed by atoms with Gasteiger partial charge in [-0.2, -0.15) is 0 Å². The monoisotopic (exact) mass is 594 g/mol. The molecule has 4 aromatic rings. The molecule has 0 atom stereocenters. The fourth-order valence-corrected chi connectivity index (χ4v) is 3.13. The van der Waals surface area contributed by atoms with E-state index in [0.29, 0.717) is 17.0 Å². The van der Waals surface area contributed by atoms with E-state index in [1.54, 1.807) is 36.4 Å². The van der Waals surface area contributed by atoms with E-state index in [-0.39, 0.29) is 46.9 Å². The van der Waals surface area contributed by atoms with E-state index in [2.05, 4.69) is 26.1 Å². The summed E-state index contributed by atoms with van der Waals surface area (Å²) in [5, 5.41) is 29.0. The lowest BCUT2D eigenvalue weighted by Gasteiger charge is -2.02. The van der Waals surface area contributed by atoms with Crippen molar-refractivity contribution in [1.29, 1.82) is 0 Å². The number of para-hydroxylation sites is 1. The number of phenolic OH excluding ortho intramolecular Hbond substituents is 2. The summed E-state index contributed by atoms with van der Waals surface area (Å²) >= 11 is 3.38. The number of aromatic hydroxyl groups is 2. The molecule has 4 rings (SSSR count). The largest absolute Gasteiger partial charge is 1.00 e. The molecule has 2 N–H and O–H groups in total. The van der Waals surface area contributed by atoms with Crippen LogP contribution >= 0.6 is 15.9 Å². The first-order chi connectivity index (χ1) is 14.5. The van der Waals surface area contributed by atoms with Crippen molar-refractivity contribution in [2.45, 2.75) is 0 Å². The number of hydrogen-bond acceptors (Lipinski definition) is 6. The van der Waals surface area contributed by atoms with Crippen LogP contribution in [0.25, 0.3) is 17.1 Å². The molecular weight excluding hydrogens is 579 g/mol. The molecule has 0 radical (unpaired) electrons. The molecule has 0 saturated heterocycles. The number of carbonyl (C=O) groups is 1. The van der Waals surface area contributed by atoms with Gasteiger partial charge in [0.1, 0.15) is 5.75 Å². The summed E-state index contributed by atoms with van der Waals surface area (Å²) < 4.78 is 5.93. The summed E-state index contributed by atoms with van der Waals surface area (Å²) in [6, 6.07) is 18.1. The number of rotatable bonds is 4. The lowest BCUT2D eigenvalue weighted by atomic mass is 10.2. The van der Waals surface area contributed by atoms with Crippen LogP contribution in [0.5, 0.6) is 17.2 Å². The van der Waals surface area contributed by atoms with E-state index < -0.39 is 5.91 Å². The minimum absolute atomic E-state index is 0. The molecule has 8 nitrogen and oxygen atoms in total. The van der Waals surface area contributed by atoms with Crippen LogP contribution in [0.1, 0.15) is 10.4 Å². The molecule has 0 saturated carbocycles. The Morgan fingerprint density at radius 2 is 1.74 bits per heavy atom. The van der Waals surface area contributed by atoms with Gasteiger partial charge in [0.2, 0.25) is 0 Å². The third kappa shape index (κ3) is 4.54. The highest BCUT2D eigenvalue weighted by Gasteiger charge is 2.29. The van der Waals surface area contributed by atoms with Crippen molar-refractivity contribution in [1.82, 2.24) is 15.0 Å². The number of aromatic nitrogens is 4. The Bertz CT molecular complexity index is 1240. The molecule has 10 heteroatoms. The number of phenols is 2. The average Bonchev–Trinajstić information content (AvgIpc) is 3.19. The minimum Gasteiger partial charge on any atom is -1.00 e. The lowest BCUT2D eigenvalue weighted by molar-refractivity contribution is -0.732. The Morgan fingerprint density at radius 1 is 1.03 bits per heavy atom. The minimum atomic E-state index is -0.562. The number of ether oxygens (including phenoxy) is 1. The van der Waals surface area contributed by atoms with E-state index in [0.717, 1.165) is 9.27 Å². The third-order valence-corrected chi connectivity index (χ3v) is 4.90. The molecule has 158 valence electrons. The zero-order valence-electron chi connectivity index (χ0n) is 16.1. The van der Waals surface area contributed by atoms with E-state index >= 15 is 0 Å². The fraction of sp³-hybridized carbons (Fsp3) is 0.0476. The fourth-order valence-electron chi connectivity index (χ4n) is 2.86. The van der Waals surface area contributed by atoms with E-state index in [9.17, 15) is 15.0 Å². The molecule has 0 spiro atoms. The standard InChI is InChI=1S/C21H15BrN4O4.HI/c1-30-19-11-6-13(12-18(19)28)20-23-25(15-9-7-14(22)8-10-15)26(24-20)21(29)16-4-2-3-5-17(16)27;/h2-12H,1H3,(H-,27,28,29);1H. The van der Waals surface area contributed by atoms with Crippen LogP contribution in [0.3, 0.4) is 0 Å². The second kappa shape index (κ2) is 9.43. The second-order valence-corrected chi connectivity index (χ2v) is 7.20. The molecule has 0 aliphatic heterocycles. The van der Waals surface area contributed by atoms with Crippen molar-refractivity contribution in [3.63, 3.8) is 0 Å². The molecule has 0 aliphatic carbocycles. The maximum absolute atomic E-state index is 13.1. The van der Waals surface area contributed by atoms with Crippen LogP contribution < -0.4 is 33.5 Å². The van der Waals surface area contributed by atoms with Gasteiger partial charge in [-0.05, 0) is 64.5 Å². The highest BCUT2D eigenvalue weighted by molar-refractivity contribution is 9.10. The Labute approximate surface area is 202 Å². The van der Waals surface area contributed by atoms with Gasteiger partial charge in [0, 0.05) is 4.47 Å². The molecule has 0 bridgehead atoms. The van der Waals surface area contributed by atoms with Gasteiger partial charge < -0.3 is 38.9 Å². The van der Waals surface area contributed by atoms with E-state index in [1.807, 2.05) is 12.1 Å². The first-order valence-corrected chi connectivity index (χ1v) is 9.63. The molecule has 0 fully saturated rings. The smallest absolute Gasteiger partial charge is 0.343 e. The van der Waals surface area contributed by atoms with Gasteiger partial charge in [0.25, 0.3) is 0 Å². The predicted molar refractivity (Wildman–Crippen MR) is 111 cm³/mol. The van der Waals surface area contributed by atoms with Gasteiger partial charge >= 0.3 is 11.7 Å². The number of hydrogen-bond donors (Lipinski definition) is 2. The molecule has 3 aromatic carbocycles. The Hall–Kier alpha value is -2.99. The number of halogens is 2. The zero-order chi connectivity index (χ0) is 21.3. The van der Waals surface area contributed by atoms with Gasteiger partial charge in [0.15, 0.2) is 17.2 Å². The highest BCUT2D eigenvalue weighted by Crippen LogP contribution is 2.29. The topological polar surface area (TPSA) is 101 Å². The Balaban J connectivity index is 0.00000272. The maximum Gasteiger partial charge on any atom is 0.343 e. The van der Waals surface area contributed by atoms with Crippen molar-refractivity contribution >= 4 is 21.8 Å². The molecule has 31 heavy (non-hydrogen) atoms. The third-order valence-electron chi connectivity index (χ3n) is 4.37. The molecule has 0 aliphatic rings. The molecular formula is C21H16BrIN4O4. The van der Waals surface area contributed by atoms with Crippen LogP contribution in [0.2, 0.25) is 0 Å². The highest BCUT2D eigenvalue weighted by atomic mass is 127. The van der Waals surface area contributed by atoms with Crippen molar-refractivity contribution in [3.05, 3.63) is 76.8 Å². The van der Waals surface area contributed by atoms with E-state index in [4.69, 9.17) is 4.74 Å². The Morgan fingerprint density at radius 3 is 2.39 bits per heavy atom. The van der Waals surface area contributed by atoms with Gasteiger partial charge in [-0.3, -0.25) is 4.79 Å². The van der Waals surface area contributed by atoms with Crippen LogP contribution in [0.4, 0.5) is 0 Å². The number of nitrogens with zero attached hydrogens (tertiary/aromatic N) is 4. The van der Waals surface area contributed by atoms with Crippen LogP contribution in [0.15, 0.2) is 71.2 Å². The summed E-state index contributed by atoms with van der Waals surface area (Å²) in [6.07, 6.45) is 0. The summed E-state index contributed by atoms with van der Waals surface area (Å²) in [5.41, 5.74) is 1.15. The zero-order valence-corrected chi connectivity index (χ0v) is 19.9. The van der Waals surface area contributed by atoms with Crippen molar-refractivity contribution < 1.29 is 48.5 Å². The summed E-state index contributed by atoms with van der Waals surface area (Å²) in [4.78, 5) is 15.5. The average molecular weight is 595 g/mol. The van der Waals surface area contributed by atoms with Crippen molar-refractivity contribution in [2.24, 2.45) is 0 Å². The molecule has 1 aromatic heterocycles. The first kappa shape index (κ1) is 22.7. The van der Waals surface area contributed by atoms with E-state index in [1.165, 1.54) is 30.1 Å². The molecule has 1 heterocycles. The summed E-state index contributed by atoms with van der Waals surface area (Å²) in [7, 11) is 1.45. The van der Waals surface area contributed by atoms with Crippen LogP contribution in [-0.2, 0) is 0 Å². The van der Waals surface area contributed by atoms with Gasteiger partial charge in [0.05, 0.1) is 28.1 Å². The number of carbonyl (C=O) groups excluding carboxylic acids is 1. The molecule has 0 amide bonds. The quantitative estimate of drug-likeness (QED) is 0.257. The summed E-state index contributed by atoms with van der Waals surface area (Å²) in [5.74, 6) is -0.283. The molecule has 0 unspecified atom stereocenters. The second-order valence-electron chi connectivity index (χ2n) is 6.29. The van der Waals surface area contributed by atoms with Gasteiger partial charge in [-0.25, -0.2) is 0 Å². The van der Waals surface area contributed by atoms with Gasteiger partial charge in [-0.15, -0.1) is 0 Å². The number of tetrazole rings is 1. The SMILES string of the molecule is COc1ccc(-c2nn(C(=O)c3ccccc3O)[n+](-c3ccc(Br)cc3)n2)cc1O.[I-]. The van der Waals surface area contributed by atoms with Crippen LogP contribution in [-0.4, -0.2) is 38.2 Å². The number of benzene rings is 3. The predicted octanol–water partition coefficient (Wildman–Crippen LogP) is 0.0966. The van der Waals surface area contributed by atoms with Crippen molar-refractivity contribution in [3.8, 4) is 34.3 Å². The first-order valence-electron chi connectivity index (χ1n) is 8.83.